The third-order valence-corrected chi connectivity index (χ3v) is 20.3. The fraction of sp³-hybridized carbons (Fsp3) is 0.982. The number of ether oxygens (including phenoxy) is 16. The minimum atomic E-state index is -0.751. The molecule has 2 bridgehead atoms. The van der Waals surface area contributed by atoms with Crippen LogP contribution in [0, 0.1) is 28.6 Å². The molecule has 10 fully saturated rings. The topological polar surface area (TPSA) is 203 Å². The summed E-state index contributed by atoms with van der Waals surface area (Å²) in [6, 6.07) is 0. The molecule has 3 saturated carbocycles. The first kappa shape index (κ1) is 58.1. The molecule has 29 atom stereocenters. The Bertz CT molecular complexity index is 1940. The summed E-state index contributed by atoms with van der Waals surface area (Å²) in [4.78, 5) is 25.6. The third kappa shape index (κ3) is 11.0. The summed E-state index contributed by atoms with van der Waals surface area (Å²) in [5.41, 5.74) is -0.443. The lowest BCUT2D eigenvalue weighted by atomic mass is 9.52. The molecule has 10 aliphatic rings. The fourth-order valence-corrected chi connectivity index (χ4v) is 15.9. The number of ketones is 1. The van der Waals surface area contributed by atoms with Gasteiger partial charge in [-0.25, -0.2) is 9.78 Å². The van der Waals surface area contributed by atoms with Gasteiger partial charge in [-0.05, 0) is 98.3 Å². The Kier molecular flexibility index (Phi) is 18.1. The number of carbonyl (C=O) groups excluding carboxylic acids is 1. The van der Waals surface area contributed by atoms with Crippen LogP contribution >= 0.6 is 0 Å². The maximum atomic E-state index is 13.4. The maximum absolute atomic E-state index is 13.4. The van der Waals surface area contributed by atoms with Gasteiger partial charge in [0.1, 0.15) is 36.3 Å². The van der Waals surface area contributed by atoms with Crippen LogP contribution in [0.25, 0.3) is 0 Å². The van der Waals surface area contributed by atoms with Crippen LogP contribution in [0.2, 0.25) is 0 Å². The number of fused-ring (bicyclic) bond motifs is 5. The van der Waals surface area contributed by atoms with Crippen LogP contribution in [-0.2, 0) is 90.4 Å². The summed E-state index contributed by atoms with van der Waals surface area (Å²) in [5, 5.41) is 10.5. The maximum Gasteiger partial charge on any atom is 0.194 e. The lowest BCUT2D eigenvalue weighted by molar-refractivity contribution is -0.447. The van der Waals surface area contributed by atoms with E-state index in [1.165, 1.54) is 0 Å². The van der Waals surface area contributed by atoms with Crippen molar-refractivity contribution in [3.05, 3.63) is 0 Å². The molecule has 0 aromatic rings. The zero-order chi connectivity index (χ0) is 54.0. The predicted octanol–water partition coefficient (Wildman–Crippen LogP) is 6.06. The number of methoxy groups -OCH3 is 5. The Morgan fingerprint density at radius 2 is 0.961 bits per heavy atom. The van der Waals surface area contributed by atoms with E-state index in [4.69, 9.17) is 85.6 Å². The first-order valence-corrected chi connectivity index (χ1v) is 28.8. The van der Waals surface area contributed by atoms with Crippen LogP contribution in [0.15, 0.2) is 0 Å². The first-order valence-electron chi connectivity index (χ1n) is 28.8. The zero-order valence-electron chi connectivity index (χ0n) is 47.4. The van der Waals surface area contributed by atoms with Gasteiger partial charge in [-0.1, -0.05) is 6.92 Å². The van der Waals surface area contributed by atoms with Gasteiger partial charge in [0.25, 0.3) is 0 Å². The molecule has 0 radical (unpaired) electrons. The van der Waals surface area contributed by atoms with Gasteiger partial charge in [0, 0.05) is 92.3 Å². The Morgan fingerprint density at radius 3 is 1.51 bits per heavy atom. The minimum absolute atomic E-state index is 0.00333. The van der Waals surface area contributed by atoms with Gasteiger partial charge in [0.2, 0.25) is 0 Å². The van der Waals surface area contributed by atoms with Crippen molar-refractivity contribution in [1.29, 1.82) is 0 Å². The summed E-state index contributed by atoms with van der Waals surface area (Å²) in [6.07, 6.45) is -0.757. The van der Waals surface area contributed by atoms with Gasteiger partial charge in [-0.2, -0.15) is 0 Å². The third-order valence-electron chi connectivity index (χ3n) is 20.3. The highest BCUT2D eigenvalue weighted by Gasteiger charge is 2.70. The smallest absolute Gasteiger partial charge is 0.194 e. The normalized spacial score (nSPS) is 53.6. The van der Waals surface area contributed by atoms with Crippen molar-refractivity contribution < 1.29 is 95.5 Å². The van der Waals surface area contributed by atoms with Crippen LogP contribution in [0.5, 0.6) is 0 Å². The van der Waals surface area contributed by atoms with Crippen molar-refractivity contribution in [2.45, 2.75) is 286 Å². The van der Waals surface area contributed by atoms with E-state index >= 15 is 0 Å². The molecule has 0 aromatic carbocycles. The van der Waals surface area contributed by atoms with E-state index in [1.807, 2.05) is 27.7 Å². The molecule has 20 heteroatoms. The number of rotatable bonds is 16. The number of aliphatic hydroxyl groups excluding tert-OH is 1. The van der Waals surface area contributed by atoms with E-state index < -0.39 is 116 Å². The molecule has 0 aromatic heterocycles. The fourth-order valence-electron chi connectivity index (χ4n) is 15.9. The Labute approximate surface area is 450 Å². The van der Waals surface area contributed by atoms with E-state index in [0.717, 1.165) is 44.9 Å². The molecule has 436 valence electrons. The molecule has 0 amide bonds. The van der Waals surface area contributed by atoms with E-state index in [-0.39, 0.29) is 53.9 Å². The molecule has 7 saturated heterocycles. The molecule has 76 heavy (non-hydrogen) atoms. The lowest BCUT2D eigenvalue weighted by Crippen LogP contribution is -2.58. The summed E-state index contributed by atoms with van der Waals surface area (Å²) in [5.74, 6) is 0.648. The number of carbonyl (C=O) groups is 1. The first-order chi connectivity index (χ1) is 36.3. The van der Waals surface area contributed by atoms with Crippen molar-refractivity contribution in [2.24, 2.45) is 28.6 Å². The SMILES string of the molecule is CO[C@H]1C[C@H](O[C@H]2CC[C@@]3(C)[C@@H](CC[C@@]45O[C@@H](C)[C@@H]6CCC(=O)[C@]6(C)[C@@H](C[C@@H]43)O5)C2)O[C@H](C)[C@H]1OO[C@H]1C[C@@H](OC)[C@H](O[C@H]2C[C@@H](OC)[C@H](O[C@H]3C[C@H](OC)[C@H](O[C@H]4C[C@@H](OC)[C@H](O)[C@@H](C)O4)[C@@H](C)O3)[C@@H](C)O2)[C@@H](C)O1. The van der Waals surface area contributed by atoms with Crippen LogP contribution < -0.4 is 0 Å². The second kappa shape index (κ2) is 23.6. The Morgan fingerprint density at radius 1 is 0.487 bits per heavy atom. The molecule has 7 aliphatic heterocycles. The standard InChI is InChI=1S/C56H92O20/c1-27-35-14-15-42(57)55(35,8)43-26-41-54(7)18-17-34(20-33(54)16-19-56(41,73-27)74-43)69-44-24-40(63-13)53(32(6)67-44)76-75-48-25-39(62-12)52(31(5)68-48)72-47-23-38(61-11)51(30(4)66-47)71-46-22-37(60-10)50(29(3)65-46)70-45-21-36(59-9)49(58)28(2)64-45/h27-41,43-53,58H,14-26H2,1-13H3/t27-,28+,29+,30+,31+,32+,33-,34-,35-,36+,37-,38+,39+,40-,41+,43+,44-,45-,46-,47-,48-,49+,50+,51+,52+,53+,54-,55+,56-/m0/s1. The average Bonchev–Trinajstić information content (AvgIpc) is 4.00. The van der Waals surface area contributed by atoms with Gasteiger partial charge in [0.05, 0.1) is 84.8 Å². The number of hydrogen-bond acceptors (Lipinski definition) is 20. The summed E-state index contributed by atoms with van der Waals surface area (Å²) in [7, 11) is 8.20. The minimum Gasteiger partial charge on any atom is -0.388 e. The monoisotopic (exact) mass is 1080 g/mol. The molecule has 1 N–H and O–H groups in total. The summed E-state index contributed by atoms with van der Waals surface area (Å²) in [6.45, 7) is 16.3. The zero-order valence-corrected chi connectivity index (χ0v) is 47.4. The van der Waals surface area contributed by atoms with Crippen LogP contribution in [0.1, 0.15) is 139 Å². The summed E-state index contributed by atoms with van der Waals surface area (Å²) < 4.78 is 102. The van der Waals surface area contributed by atoms with Gasteiger partial charge in [-0.15, -0.1) is 0 Å². The quantitative estimate of drug-likeness (QED) is 0.106. The number of hydrogen-bond donors (Lipinski definition) is 1. The molecule has 10 rings (SSSR count). The largest absolute Gasteiger partial charge is 0.388 e. The van der Waals surface area contributed by atoms with Crippen molar-refractivity contribution in [3.63, 3.8) is 0 Å². The van der Waals surface area contributed by atoms with E-state index in [9.17, 15) is 9.90 Å². The van der Waals surface area contributed by atoms with Crippen molar-refractivity contribution >= 4 is 5.78 Å². The second-order valence-electron chi connectivity index (χ2n) is 24.5. The molecule has 3 aliphatic carbocycles. The second-order valence-corrected chi connectivity index (χ2v) is 24.5. The van der Waals surface area contributed by atoms with Gasteiger partial charge >= 0.3 is 0 Å². The van der Waals surface area contributed by atoms with Crippen LogP contribution in [0.3, 0.4) is 0 Å². The lowest BCUT2D eigenvalue weighted by Gasteiger charge is -2.57. The highest BCUT2D eigenvalue weighted by molar-refractivity contribution is 5.88. The van der Waals surface area contributed by atoms with E-state index in [1.54, 1.807) is 42.5 Å². The Hall–Kier alpha value is -1.09. The molecular weight excluding hydrogens is 993 g/mol. The van der Waals surface area contributed by atoms with E-state index in [0.29, 0.717) is 50.2 Å². The highest BCUT2D eigenvalue weighted by Crippen LogP contribution is 2.67. The van der Waals surface area contributed by atoms with Gasteiger partial charge in [-0.3, -0.25) is 4.79 Å². The van der Waals surface area contributed by atoms with Crippen LogP contribution in [0.4, 0.5) is 0 Å². The van der Waals surface area contributed by atoms with Crippen molar-refractivity contribution in [2.75, 3.05) is 35.5 Å². The van der Waals surface area contributed by atoms with E-state index in [2.05, 4.69) is 20.8 Å². The molecule has 1 spiro atoms. The Balaban J connectivity index is 0.675. The highest BCUT2D eigenvalue weighted by atomic mass is 17.2. The number of aliphatic hydroxyl groups is 1. The molecule has 0 unspecified atom stereocenters. The molecule has 7 heterocycles. The van der Waals surface area contributed by atoms with Crippen molar-refractivity contribution in [1.82, 2.24) is 0 Å². The average molecular weight is 1090 g/mol. The molecule has 20 nitrogen and oxygen atoms in total. The van der Waals surface area contributed by atoms with Gasteiger partial charge < -0.3 is 80.9 Å². The number of Topliss-reactive ketones (excluding diaryl/α,β-unsaturated/α-hetero) is 1. The predicted molar refractivity (Wildman–Crippen MR) is 267 cm³/mol. The van der Waals surface area contributed by atoms with Crippen LogP contribution in [-0.4, -0.2) is 194 Å². The summed E-state index contributed by atoms with van der Waals surface area (Å²) >= 11 is 0. The van der Waals surface area contributed by atoms with Gasteiger partial charge in [0.15, 0.2) is 37.2 Å². The molecular formula is C56H92O20. The van der Waals surface area contributed by atoms with Crippen molar-refractivity contribution in [3.8, 4) is 0 Å².